The van der Waals surface area contributed by atoms with Crippen LogP contribution in [0.5, 0.6) is 0 Å². The summed E-state index contributed by atoms with van der Waals surface area (Å²) >= 11 is 4.30. The maximum Gasteiger partial charge on any atom is 0.421 e. The number of aliphatic hydroxyl groups is 1. The van der Waals surface area contributed by atoms with Crippen LogP contribution in [0.25, 0.3) is 0 Å². The zero-order chi connectivity index (χ0) is 27.8. The Kier molecular flexibility index (Phi) is 8.57. The first kappa shape index (κ1) is 29.3. The van der Waals surface area contributed by atoms with Gasteiger partial charge in [-0.05, 0) is 50.6 Å². The van der Waals surface area contributed by atoms with Crippen molar-refractivity contribution in [2.45, 2.75) is 61.3 Å². The Bertz CT molecular complexity index is 1220. The number of anilines is 1. The molecule has 2 aromatic carbocycles. The molecule has 3 rings (SSSR count). The zero-order valence-electron chi connectivity index (χ0n) is 21.1. The molecule has 12 heteroatoms. The molecule has 1 amide bonds. The van der Waals surface area contributed by atoms with Gasteiger partial charge in [-0.25, -0.2) is 8.42 Å². The highest BCUT2D eigenvalue weighted by Crippen LogP contribution is 2.39. The van der Waals surface area contributed by atoms with E-state index in [2.05, 4.69) is 12.6 Å². The van der Waals surface area contributed by atoms with E-state index >= 15 is 0 Å². The van der Waals surface area contributed by atoms with Gasteiger partial charge in [-0.3, -0.25) is 4.79 Å². The van der Waals surface area contributed by atoms with Gasteiger partial charge < -0.3 is 14.9 Å². The second-order valence-corrected chi connectivity index (χ2v) is 11.9. The molecule has 0 bridgehead atoms. The first-order chi connectivity index (χ1) is 17.1. The molecule has 1 saturated heterocycles. The molecule has 1 heterocycles. The number of nitrogens with zero attached hydrogens (tertiary/aromatic N) is 3. The number of rotatable bonds is 7. The number of amides is 1. The third-order valence-corrected chi connectivity index (χ3v) is 9.14. The number of halogens is 3. The summed E-state index contributed by atoms with van der Waals surface area (Å²) in [7, 11) is -3.88. The van der Waals surface area contributed by atoms with E-state index in [-0.39, 0.29) is 48.6 Å². The molecule has 2 atom stereocenters. The summed E-state index contributed by atoms with van der Waals surface area (Å²) in [4.78, 5) is 16.2. The van der Waals surface area contributed by atoms with Crippen LogP contribution in [0, 0.1) is 0 Å². The van der Waals surface area contributed by atoms with Crippen LogP contribution >= 0.6 is 12.6 Å². The van der Waals surface area contributed by atoms with Crippen LogP contribution in [-0.4, -0.2) is 73.1 Å². The van der Waals surface area contributed by atoms with E-state index in [1.54, 1.807) is 23.1 Å². The lowest BCUT2D eigenvalue weighted by Gasteiger charge is -2.44. The Morgan fingerprint density at radius 1 is 1.14 bits per heavy atom. The summed E-state index contributed by atoms with van der Waals surface area (Å²) in [5.74, 6) is -0.174. The van der Waals surface area contributed by atoms with Crippen LogP contribution in [0.3, 0.4) is 0 Å². The SMILES string of the molecule is CC(=O)N(C[C@H]1CN(S(=O)(=O)c2ccccc2S)CCN1c1ccc(C(C)(O)C(F)(F)F)cc1)C(C)C. The van der Waals surface area contributed by atoms with Crippen LogP contribution in [0.2, 0.25) is 0 Å². The fourth-order valence-corrected chi connectivity index (χ4v) is 6.48. The zero-order valence-corrected chi connectivity index (χ0v) is 22.8. The minimum Gasteiger partial charge on any atom is -0.376 e. The third kappa shape index (κ3) is 6.08. The topological polar surface area (TPSA) is 81.2 Å². The van der Waals surface area contributed by atoms with Crippen LogP contribution in [0.1, 0.15) is 33.3 Å². The maximum atomic E-state index is 13.4. The van der Waals surface area contributed by atoms with E-state index in [4.69, 9.17) is 0 Å². The number of sulfonamides is 1. The standard InChI is InChI=1S/C25H32F3N3O4S2/c1-17(2)31(18(3)32)16-21-15-29(37(34,35)23-8-6-5-7-22(23)36)13-14-30(21)20-11-9-19(10-12-20)24(4,33)25(26,27)28/h5-12,17,21,33,36H,13-16H2,1-4H3/t21-,24?/m1/s1. The van der Waals surface area contributed by atoms with Crippen LogP contribution < -0.4 is 4.90 Å². The van der Waals surface area contributed by atoms with Gasteiger partial charge in [-0.1, -0.05) is 24.3 Å². The molecular weight excluding hydrogens is 527 g/mol. The summed E-state index contributed by atoms with van der Waals surface area (Å²) < 4.78 is 68.1. The minimum absolute atomic E-state index is 0.0585. The van der Waals surface area contributed by atoms with Crippen molar-refractivity contribution >= 4 is 34.2 Å². The highest BCUT2D eigenvalue weighted by molar-refractivity contribution is 7.90. The molecule has 0 spiro atoms. The number of carbonyl (C=O) groups is 1. The lowest BCUT2D eigenvalue weighted by molar-refractivity contribution is -0.258. The molecule has 1 fully saturated rings. The van der Waals surface area contributed by atoms with Crippen LogP contribution in [-0.2, 0) is 20.4 Å². The molecule has 37 heavy (non-hydrogen) atoms. The molecule has 0 radical (unpaired) electrons. The molecule has 1 unspecified atom stereocenters. The van der Waals surface area contributed by atoms with Crippen molar-refractivity contribution < 1.29 is 31.5 Å². The Morgan fingerprint density at radius 3 is 2.24 bits per heavy atom. The number of thiol groups is 1. The van der Waals surface area contributed by atoms with Gasteiger partial charge in [0, 0.05) is 49.7 Å². The predicted octanol–water partition coefficient (Wildman–Crippen LogP) is 3.88. The Morgan fingerprint density at radius 2 is 1.73 bits per heavy atom. The minimum atomic E-state index is -4.85. The van der Waals surface area contributed by atoms with Gasteiger partial charge in [0.2, 0.25) is 15.9 Å². The van der Waals surface area contributed by atoms with E-state index in [1.165, 1.54) is 41.6 Å². The fraction of sp³-hybridized carbons (Fsp3) is 0.480. The molecule has 0 aromatic heterocycles. The average Bonchev–Trinajstić information content (AvgIpc) is 2.81. The van der Waals surface area contributed by atoms with Gasteiger partial charge in [0.25, 0.3) is 0 Å². The van der Waals surface area contributed by atoms with Gasteiger partial charge in [0.05, 0.1) is 10.9 Å². The number of alkyl halides is 3. The Balaban J connectivity index is 1.96. The van der Waals surface area contributed by atoms with Crippen LogP contribution in [0.15, 0.2) is 58.3 Å². The monoisotopic (exact) mass is 559 g/mol. The van der Waals surface area contributed by atoms with Gasteiger partial charge in [-0.15, -0.1) is 12.6 Å². The number of hydrogen-bond donors (Lipinski definition) is 2. The summed E-state index contributed by atoms with van der Waals surface area (Å²) in [6.45, 7) is 6.49. The van der Waals surface area contributed by atoms with Gasteiger partial charge in [-0.2, -0.15) is 17.5 Å². The summed E-state index contributed by atoms with van der Waals surface area (Å²) in [6.07, 6.45) is -4.85. The fourth-order valence-electron chi connectivity index (χ4n) is 4.43. The third-order valence-electron chi connectivity index (χ3n) is 6.68. The summed E-state index contributed by atoms with van der Waals surface area (Å²) in [5.41, 5.74) is -2.76. The van der Waals surface area contributed by atoms with E-state index in [0.29, 0.717) is 17.5 Å². The molecule has 1 aliphatic rings. The lowest BCUT2D eigenvalue weighted by atomic mass is 9.95. The molecule has 0 saturated carbocycles. The van der Waals surface area contributed by atoms with Crippen molar-refractivity contribution in [1.29, 1.82) is 0 Å². The highest BCUT2D eigenvalue weighted by atomic mass is 32.2. The average molecular weight is 560 g/mol. The molecule has 204 valence electrons. The molecule has 2 aromatic rings. The van der Waals surface area contributed by atoms with Gasteiger partial charge >= 0.3 is 6.18 Å². The number of piperazine rings is 1. The number of benzene rings is 2. The second-order valence-electron chi connectivity index (χ2n) is 9.56. The van der Waals surface area contributed by atoms with Gasteiger partial charge in [0.1, 0.15) is 0 Å². The lowest BCUT2D eigenvalue weighted by Crippen LogP contribution is -2.59. The summed E-state index contributed by atoms with van der Waals surface area (Å²) in [6, 6.07) is 11.1. The largest absolute Gasteiger partial charge is 0.421 e. The van der Waals surface area contributed by atoms with Crippen molar-refractivity contribution in [3.05, 3.63) is 54.1 Å². The molecular formula is C25H32F3N3O4S2. The first-order valence-electron chi connectivity index (χ1n) is 11.8. The highest BCUT2D eigenvalue weighted by Gasteiger charge is 2.51. The van der Waals surface area contributed by atoms with Crippen molar-refractivity contribution in [3.8, 4) is 0 Å². The van der Waals surface area contributed by atoms with E-state index in [9.17, 15) is 31.5 Å². The Labute approximate surface area is 221 Å². The molecule has 0 aliphatic carbocycles. The quantitative estimate of drug-likeness (QED) is 0.504. The molecule has 7 nitrogen and oxygen atoms in total. The normalized spacial score (nSPS) is 19.1. The predicted molar refractivity (Wildman–Crippen MR) is 138 cm³/mol. The molecule has 1 N–H and O–H groups in total. The Hall–Kier alpha value is -2.28. The van der Waals surface area contributed by atoms with E-state index in [1.807, 2.05) is 18.7 Å². The van der Waals surface area contributed by atoms with Crippen LogP contribution in [0.4, 0.5) is 18.9 Å². The van der Waals surface area contributed by atoms with Crippen molar-refractivity contribution in [3.63, 3.8) is 0 Å². The van der Waals surface area contributed by atoms with Crippen molar-refractivity contribution in [1.82, 2.24) is 9.21 Å². The van der Waals surface area contributed by atoms with Gasteiger partial charge in [0.15, 0.2) is 5.60 Å². The number of carbonyl (C=O) groups excluding carboxylic acids is 1. The van der Waals surface area contributed by atoms with Crippen molar-refractivity contribution in [2.24, 2.45) is 0 Å². The number of hydrogen-bond acceptors (Lipinski definition) is 6. The molecule has 1 aliphatic heterocycles. The smallest absolute Gasteiger partial charge is 0.376 e. The van der Waals surface area contributed by atoms with Crippen molar-refractivity contribution in [2.75, 3.05) is 31.1 Å². The van der Waals surface area contributed by atoms with E-state index < -0.39 is 27.8 Å². The van der Waals surface area contributed by atoms with E-state index in [0.717, 1.165) is 0 Å². The first-order valence-corrected chi connectivity index (χ1v) is 13.7. The maximum absolute atomic E-state index is 13.4. The second kappa shape index (κ2) is 10.8. The summed E-state index contributed by atoms with van der Waals surface area (Å²) in [5, 5.41) is 10.0.